The lowest BCUT2D eigenvalue weighted by atomic mass is 9.99. The number of aliphatic hydroxyl groups is 1. The lowest BCUT2D eigenvalue weighted by Gasteiger charge is -2.18. The van der Waals surface area contributed by atoms with Gasteiger partial charge in [-0.2, -0.15) is 0 Å². The van der Waals surface area contributed by atoms with Crippen molar-refractivity contribution in [1.29, 1.82) is 0 Å². The maximum atomic E-state index is 13.2. The van der Waals surface area contributed by atoms with Gasteiger partial charge in [-0.05, 0) is 52.4 Å². The summed E-state index contributed by atoms with van der Waals surface area (Å²) in [6, 6.07) is 4.24. The minimum absolute atomic E-state index is 0. The second-order valence-electron chi connectivity index (χ2n) is 4.03. The summed E-state index contributed by atoms with van der Waals surface area (Å²) in [5.41, 5.74) is 6.51. The fourth-order valence-corrected chi connectivity index (χ4v) is 1.89. The van der Waals surface area contributed by atoms with Gasteiger partial charge in [0, 0.05) is 0 Å². The Balaban J connectivity index is 0.00000128. The van der Waals surface area contributed by atoms with Crippen molar-refractivity contribution in [3.63, 3.8) is 0 Å². The summed E-state index contributed by atoms with van der Waals surface area (Å²) in [5, 5.41) is 9.81. The molecule has 0 aromatic heterocycles. The fraction of sp³-hybridized carbons (Fsp3) is 0.455. The van der Waals surface area contributed by atoms with E-state index in [9.17, 15) is 9.50 Å². The molecule has 2 rings (SSSR count). The van der Waals surface area contributed by atoms with Gasteiger partial charge in [0.2, 0.25) is 0 Å². The number of nitrogens with two attached hydrogens (primary N) is 1. The standard InChI is InChI=1S/C11H13BrFNO.ClH/c12-8-4-3-7(5-9(8)13)10(14)11(15)6-1-2-6;/h3-6,10-11,15H,1-2,14H2;1H/t10-,11+;/m0./s1. The lowest BCUT2D eigenvalue weighted by Crippen LogP contribution is -2.27. The molecule has 0 amide bonds. The van der Waals surface area contributed by atoms with Gasteiger partial charge in [0.05, 0.1) is 16.6 Å². The minimum Gasteiger partial charge on any atom is -0.391 e. The van der Waals surface area contributed by atoms with Crippen molar-refractivity contribution in [1.82, 2.24) is 0 Å². The number of hydrogen-bond acceptors (Lipinski definition) is 2. The van der Waals surface area contributed by atoms with Crippen LogP contribution in [0, 0.1) is 11.7 Å². The molecule has 0 radical (unpaired) electrons. The van der Waals surface area contributed by atoms with E-state index in [4.69, 9.17) is 5.73 Å². The van der Waals surface area contributed by atoms with E-state index in [1.165, 1.54) is 6.07 Å². The molecule has 5 heteroatoms. The van der Waals surface area contributed by atoms with Crippen molar-refractivity contribution in [2.75, 3.05) is 0 Å². The summed E-state index contributed by atoms with van der Waals surface area (Å²) >= 11 is 3.08. The van der Waals surface area contributed by atoms with Crippen LogP contribution in [0.5, 0.6) is 0 Å². The Kier molecular flexibility index (Phi) is 4.73. The normalized spacial score (nSPS) is 18.8. The van der Waals surface area contributed by atoms with Crippen molar-refractivity contribution in [3.05, 3.63) is 34.1 Å². The maximum absolute atomic E-state index is 13.2. The average molecular weight is 311 g/mol. The zero-order valence-corrected chi connectivity index (χ0v) is 11.0. The van der Waals surface area contributed by atoms with E-state index in [2.05, 4.69) is 15.9 Å². The maximum Gasteiger partial charge on any atom is 0.137 e. The number of aliphatic hydroxyl groups excluding tert-OH is 1. The summed E-state index contributed by atoms with van der Waals surface area (Å²) in [6.07, 6.45) is 1.49. The molecule has 1 aromatic carbocycles. The van der Waals surface area contributed by atoms with E-state index in [-0.39, 0.29) is 18.2 Å². The third kappa shape index (κ3) is 2.94. The van der Waals surface area contributed by atoms with Crippen LogP contribution in [0.15, 0.2) is 22.7 Å². The molecule has 0 saturated heterocycles. The van der Waals surface area contributed by atoms with Crippen LogP contribution in [0.2, 0.25) is 0 Å². The molecule has 0 unspecified atom stereocenters. The first-order valence-electron chi connectivity index (χ1n) is 4.98. The monoisotopic (exact) mass is 309 g/mol. The zero-order chi connectivity index (χ0) is 11.0. The minimum atomic E-state index is -0.550. The van der Waals surface area contributed by atoms with E-state index in [0.717, 1.165) is 12.8 Å². The van der Waals surface area contributed by atoms with Crippen molar-refractivity contribution in [3.8, 4) is 0 Å². The van der Waals surface area contributed by atoms with Crippen LogP contribution < -0.4 is 5.73 Å². The predicted octanol–water partition coefficient (Wildman–Crippen LogP) is 2.78. The zero-order valence-electron chi connectivity index (χ0n) is 8.57. The summed E-state index contributed by atoms with van der Waals surface area (Å²) in [5.74, 6) is -0.0438. The smallest absolute Gasteiger partial charge is 0.137 e. The molecule has 2 nitrogen and oxygen atoms in total. The molecule has 0 bridgehead atoms. The van der Waals surface area contributed by atoms with Gasteiger partial charge >= 0.3 is 0 Å². The van der Waals surface area contributed by atoms with E-state index < -0.39 is 12.1 Å². The van der Waals surface area contributed by atoms with Gasteiger partial charge in [0.25, 0.3) is 0 Å². The van der Waals surface area contributed by atoms with Crippen LogP contribution in [0.1, 0.15) is 24.4 Å². The Bertz CT molecular complexity index is 373. The summed E-state index contributed by atoms with van der Waals surface area (Å²) < 4.78 is 13.7. The Hall–Kier alpha value is -0.160. The van der Waals surface area contributed by atoms with Crippen molar-refractivity contribution in [2.24, 2.45) is 11.7 Å². The molecule has 16 heavy (non-hydrogen) atoms. The van der Waals surface area contributed by atoms with Crippen LogP contribution in [-0.2, 0) is 0 Å². The number of halogens is 3. The highest BCUT2D eigenvalue weighted by Crippen LogP contribution is 2.37. The van der Waals surface area contributed by atoms with Gasteiger partial charge in [-0.1, -0.05) is 6.07 Å². The summed E-state index contributed by atoms with van der Waals surface area (Å²) in [4.78, 5) is 0. The van der Waals surface area contributed by atoms with Crippen molar-refractivity contribution < 1.29 is 9.50 Å². The molecule has 1 aliphatic rings. The first kappa shape index (κ1) is 13.9. The Labute approximate surface area is 109 Å². The van der Waals surface area contributed by atoms with E-state index in [1.807, 2.05) is 0 Å². The topological polar surface area (TPSA) is 46.2 Å². The van der Waals surface area contributed by atoms with Crippen LogP contribution in [-0.4, -0.2) is 11.2 Å². The average Bonchev–Trinajstić information content (AvgIpc) is 3.03. The van der Waals surface area contributed by atoms with Crippen LogP contribution in [0.4, 0.5) is 4.39 Å². The van der Waals surface area contributed by atoms with E-state index in [1.54, 1.807) is 12.1 Å². The Morgan fingerprint density at radius 3 is 2.56 bits per heavy atom. The third-order valence-electron chi connectivity index (χ3n) is 2.80. The molecule has 1 saturated carbocycles. The van der Waals surface area contributed by atoms with Gasteiger partial charge in [-0.15, -0.1) is 12.4 Å². The van der Waals surface area contributed by atoms with Gasteiger partial charge in [-0.25, -0.2) is 4.39 Å². The highest BCUT2D eigenvalue weighted by Gasteiger charge is 2.34. The first-order valence-corrected chi connectivity index (χ1v) is 5.77. The van der Waals surface area contributed by atoms with Gasteiger partial charge in [0.15, 0.2) is 0 Å². The number of rotatable bonds is 3. The third-order valence-corrected chi connectivity index (χ3v) is 3.44. The molecule has 1 aromatic rings. The molecule has 0 heterocycles. The molecule has 1 fully saturated rings. The molecule has 2 atom stereocenters. The van der Waals surface area contributed by atoms with Gasteiger partial charge in [0.1, 0.15) is 5.82 Å². The Morgan fingerprint density at radius 2 is 2.06 bits per heavy atom. The van der Waals surface area contributed by atoms with Crippen molar-refractivity contribution in [2.45, 2.75) is 25.0 Å². The number of benzene rings is 1. The molecule has 0 spiro atoms. The molecule has 90 valence electrons. The quantitative estimate of drug-likeness (QED) is 0.902. The van der Waals surface area contributed by atoms with E-state index in [0.29, 0.717) is 16.0 Å². The molecular formula is C11H14BrClFNO. The van der Waals surface area contributed by atoms with Crippen molar-refractivity contribution >= 4 is 28.3 Å². The van der Waals surface area contributed by atoms with Crippen LogP contribution in [0.25, 0.3) is 0 Å². The van der Waals surface area contributed by atoms with Gasteiger partial charge < -0.3 is 10.8 Å². The first-order chi connectivity index (χ1) is 7.09. The van der Waals surface area contributed by atoms with E-state index >= 15 is 0 Å². The summed E-state index contributed by atoms with van der Waals surface area (Å²) in [6.45, 7) is 0. The molecule has 0 aliphatic heterocycles. The highest BCUT2D eigenvalue weighted by molar-refractivity contribution is 9.10. The van der Waals surface area contributed by atoms with Crippen LogP contribution in [0.3, 0.4) is 0 Å². The van der Waals surface area contributed by atoms with Crippen LogP contribution >= 0.6 is 28.3 Å². The van der Waals surface area contributed by atoms with Gasteiger partial charge in [-0.3, -0.25) is 0 Å². The molecule has 1 aliphatic carbocycles. The second kappa shape index (κ2) is 5.45. The highest BCUT2D eigenvalue weighted by atomic mass is 79.9. The predicted molar refractivity (Wildman–Crippen MR) is 67.0 cm³/mol. The summed E-state index contributed by atoms with van der Waals surface area (Å²) in [7, 11) is 0. The SMILES string of the molecule is Cl.N[C@@H](c1ccc(Br)c(F)c1)[C@H](O)C1CC1. The molecular weight excluding hydrogens is 296 g/mol. The molecule has 3 N–H and O–H groups in total. The lowest BCUT2D eigenvalue weighted by molar-refractivity contribution is 0.122. The fourth-order valence-electron chi connectivity index (χ4n) is 1.65. The second-order valence-corrected chi connectivity index (χ2v) is 4.88. The largest absolute Gasteiger partial charge is 0.391 e. The Morgan fingerprint density at radius 1 is 1.44 bits per heavy atom. The number of hydrogen-bond donors (Lipinski definition) is 2.